The molecule has 2 aromatic rings. The summed E-state index contributed by atoms with van der Waals surface area (Å²) in [6.07, 6.45) is 2.63. The third-order valence-corrected chi connectivity index (χ3v) is 3.81. The Balaban J connectivity index is 2.14. The van der Waals surface area contributed by atoms with Crippen LogP contribution in [0.2, 0.25) is 0 Å². The third kappa shape index (κ3) is 3.54. The Morgan fingerprint density at radius 1 is 1.50 bits per heavy atom. The second-order valence-electron chi connectivity index (χ2n) is 4.17. The summed E-state index contributed by atoms with van der Waals surface area (Å²) in [4.78, 5) is 5.14. The van der Waals surface area contributed by atoms with Gasteiger partial charge < -0.3 is 10.5 Å². The van der Waals surface area contributed by atoms with Gasteiger partial charge in [0.1, 0.15) is 12.4 Å². The summed E-state index contributed by atoms with van der Waals surface area (Å²) in [6, 6.07) is 6.15. The van der Waals surface area contributed by atoms with Gasteiger partial charge in [-0.1, -0.05) is 12.1 Å². The van der Waals surface area contributed by atoms with Crippen molar-refractivity contribution in [2.45, 2.75) is 26.0 Å². The van der Waals surface area contributed by atoms with Gasteiger partial charge in [0, 0.05) is 12.2 Å². The third-order valence-electron chi connectivity index (χ3n) is 2.43. The lowest BCUT2D eigenvalue weighted by Gasteiger charge is -2.14. The molecule has 18 heavy (non-hydrogen) atoms. The first-order valence-corrected chi connectivity index (χ1v) is 7.37. The van der Waals surface area contributed by atoms with Crippen molar-refractivity contribution in [3.05, 3.63) is 44.8 Å². The van der Waals surface area contributed by atoms with Crippen LogP contribution in [0.3, 0.4) is 0 Å². The van der Waals surface area contributed by atoms with Gasteiger partial charge >= 0.3 is 0 Å². The minimum Gasteiger partial charge on any atom is -0.487 e. The standard InChI is InChI=1S/C13H15BrN2OS/c1-9(15)5-10-3-2-4-12(14)13(10)17-7-11-6-16-8-18-11/h2-4,6,8-9H,5,7,15H2,1H3. The SMILES string of the molecule is CC(N)Cc1cccc(Br)c1OCc1cncs1. The van der Waals surface area contributed by atoms with Gasteiger partial charge in [-0.15, -0.1) is 11.3 Å². The lowest BCUT2D eigenvalue weighted by molar-refractivity contribution is 0.303. The normalized spacial score (nSPS) is 12.4. The highest BCUT2D eigenvalue weighted by atomic mass is 79.9. The molecule has 1 aromatic heterocycles. The number of nitrogens with zero attached hydrogens (tertiary/aromatic N) is 1. The molecule has 96 valence electrons. The molecule has 0 saturated heterocycles. The number of ether oxygens (including phenoxy) is 1. The first kappa shape index (κ1) is 13.5. The zero-order valence-electron chi connectivity index (χ0n) is 10.1. The predicted molar refractivity (Wildman–Crippen MR) is 77.9 cm³/mol. The van der Waals surface area contributed by atoms with Gasteiger partial charge in [-0.05, 0) is 40.9 Å². The van der Waals surface area contributed by atoms with Crippen LogP contribution in [0.25, 0.3) is 0 Å². The molecule has 1 heterocycles. The number of nitrogens with two attached hydrogens (primary N) is 1. The van der Waals surface area contributed by atoms with E-state index in [4.69, 9.17) is 10.5 Å². The van der Waals surface area contributed by atoms with Crippen molar-refractivity contribution >= 4 is 27.3 Å². The van der Waals surface area contributed by atoms with Gasteiger partial charge in [-0.2, -0.15) is 0 Å². The maximum atomic E-state index is 5.88. The number of aromatic nitrogens is 1. The highest BCUT2D eigenvalue weighted by Gasteiger charge is 2.10. The Hall–Kier alpha value is -0.910. The van der Waals surface area contributed by atoms with Crippen LogP contribution in [0.5, 0.6) is 5.75 Å². The fraction of sp³-hybridized carbons (Fsp3) is 0.308. The summed E-state index contributed by atoms with van der Waals surface area (Å²) in [5.41, 5.74) is 8.79. The van der Waals surface area contributed by atoms with Crippen LogP contribution in [-0.2, 0) is 13.0 Å². The molecule has 1 aromatic carbocycles. The summed E-state index contributed by atoms with van der Waals surface area (Å²) in [5.74, 6) is 0.878. The molecule has 0 aliphatic carbocycles. The lowest BCUT2D eigenvalue weighted by atomic mass is 10.1. The molecule has 0 spiro atoms. The van der Waals surface area contributed by atoms with E-state index in [2.05, 4.69) is 27.0 Å². The number of halogens is 1. The maximum absolute atomic E-state index is 5.88. The minimum atomic E-state index is 0.116. The molecule has 0 saturated carbocycles. The first-order valence-electron chi connectivity index (χ1n) is 5.70. The Morgan fingerprint density at radius 2 is 2.33 bits per heavy atom. The molecule has 0 aliphatic heterocycles. The van der Waals surface area contributed by atoms with Crippen molar-refractivity contribution in [1.82, 2.24) is 4.98 Å². The average molecular weight is 327 g/mol. The monoisotopic (exact) mass is 326 g/mol. The van der Waals surface area contributed by atoms with Gasteiger partial charge in [-0.3, -0.25) is 4.98 Å². The van der Waals surface area contributed by atoms with Gasteiger partial charge in [0.2, 0.25) is 0 Å². The molecule has 0 fully saturated rings. The molecule has 0 aliphatic rings. The molecule has 5 heteroatoms. The Labute approximate surface area is 119 Å². The van der Waals surface area contributed by atoms with E-state index in [1.807, 2.05) is 30.8 Å². The molecule has 0 bridgehead atoms. The smallest absolute Gasteiger partial charge is 0.137 e. The number of benzene rings is 1. The largest absolute Gasteiger partial charge is 0.487 e. The Morgan fingerprint density at radius 3 is 3.00 bits per heavy atom. The summed E-state index contributed by atoms with van der Waals surface area (Å²) < 4.78 is 6.84. The van der Waals surface area contributed by atoms with Crippen LogP contribution in [-0.4, -0.2) is 11.0 Å². The average Bonchev–Trinajstić information content (AvgIpc) is 2.80. The first-order chi connectivity index (χ1) is 8.66. The van der Waals surface area contributed by atoms with E-state index in [1.54, 1.807) is 11.3 Å². The molecular formula is C13H15BrN2OS. The molecule has 2 rings (SSSR count). The van der Waals surface area contributed by atoms with Crippen molar-refractivity contribution in [2.24, 2.45) is 5.73 Å². The second-order valence-corrected chi connectivity index (χ2v) is 5.99. The summed E-state index contributed by atoms with van der Waals surface area (Å²) in [6.45, 7) is 2.53. The van der Waals surface area contributed by atoms with Gasteiger partial charge in [0.15, 0.2) is 0 Å². The zero-order valence-corrected chi connectivity index (χ0v) is 12.5. The van der Waals surface area contributed by atoms with Crippen LogP contribution in [0, 0.1) is 0 Å². The van der Waals surface area contributed by atoms with Crippen molar-refractivity contribution in [2.75, 3.05) is 0 Å². The molecule has 0 amide bonds. The van der Waals surface area contributed by atoms with E-state index in [9.17, 15) is 0 Å². The molecule has 2 N–H and O–H groups in total. The van der Waals surface area contributed by atoms with E-state index in [0.29, 0.717) is 6.61 Å². The van der Waals surface area contributed by atoms with E-state index >= 15 is 0 Å². The quantitative estimate of drug-likeness (QED) is 0.916. The van der Waals surface area contributed by atoms with Gasteiger partial charge in [0.05, 0.1) is 14.9 Å². The predicted octanol–water partition coefficient (Wildman–Crippen LogP) is 3.37. The minimum absolute atomic E-state index is 0.116. The molecule has 1 atom stereocenters. The second kappa shape index (κ2) is 6.31. The van der Waals surface area contributed by atoms with Gasteiger partial charge in [-0.25, -0.2) is 0 Å². The zero-order chi connectivity index (χ0) is 13.0. The molecular weight excluding hydrogens is 312 g/mol. The van der Waals surface area contributed by atoms with Crippen molar-refractivity contribution in [1.29, 1.82) is 0 Å². The number of rotatable bonds is 5. The molecule has 3 nitrogen and oxygen atoms in total. The van der Waals surface area contributed by atoms with E-state index in [-0.39, 0.29) is 6.04 Å². The topological polar surface area (TPSA) is 48.1 Å². The summed E-state index contributed by atoms with van der Waals surface area (Å²) in [7, 11) is 0. The molecule has 1 unspecified atom stereocenters. The van der Waals surface area contributed by atoms with Crippen LogP contribution in [0.1, 0.15) is 17.4 Å². The highest BCUT2D eigenvalue weighted by Crippen LogP contribution is 2.30. The number of hydrogen-bond acceptors (Lipinski definition) is 4. The summed E-state index contributed by atoms with van der Waals surface area (Å²) >= 11 is 5.11. The van der Waals surface area contributed by atoms with E-state index in [1.165, 1.54) is 0 Å². The van der Waals surface area contributed by atoms with Crippen molar-refractivity contribution < 1.29 is 4.74 Å². The van der Waals surface area contributed by atoms with Gasteiger partial charge in [0.25, 0.3) is 0 Å². The van der Waals surface area contributed by atoms with Crippen LogP contribution in [0.15, 0.2) is 34.4 Å². The highest BCUT2D eigenvalue weighted by molar-refractivity contribution is 9.10. The van der Waals surface area contributed by atoms with Crippen LogP contribution in [0.4, 0.5) is 0 Å². The Kier molecular flexibility index (Phi) is 4.74. The molecule has 0 radical (unpaired) electrons. The number of hydrogen-bond donors (Lipinski definition) is 1. The fourth-order valence-corrected chi connectivity index (χ4v) is 2.71. The van der Waals surface area contributed by atoms with E-state index in [0.717, 1.165) is 27.1 Å². The van der Waals surface area contributed by atoms with Crippen LogP contribution >= 0.6 is 27.3 Å². The van der Waals surface area contributed by atoms with Crippen LogP contribution < -0.4 is 10.5 Å². The van der Waals surface area contributed by atoms with Crippen molar-refractivity contribution in [3.63, 3.8) is 0 Å². The fourth-order valence-electron chi connectivity index (χ4n) is 1.68. The van der Waals surface area contributed by atoms with E-state index < -0.39 is 0 Å². The number of thiazole rings is 1. The number of para-hydroxylation sites is 1. The van der Waals surface area contributed by atoms with Crippen molar-refractivity contribution in [3.8, 4) is 5.75 Å². The lowest BCUT2D eigenvalue weighted by Crippen LogP contribution is -2.18. The Bertz CT molecular complexity index is 500. The maximum Gasteiger partial charge on any atom is 0.137 e. The summed E-state index contributed by atoms with van der Waals surface area (Å²) in [5, 5.41) is 0.